The maximum Gasteiger partial charge on any atom is 0.312 e. The molecular formula is C10H9Cl3O3. The van der Waals surface area contributed by atoms with Gasteiger partial charge in [-0.2, -0.15) is 0 Å². The SMILES string of the molecule is O=C1O[C@](O)(C(Cl)(Cl)Cl)[C@H]2[C@H]1[C@@H]1C=C[C@@H]2C1. The molecule has 88 valence electrons. The van der Waals surface area contributed by atoms with E-state index in [2.05, 4.69) is 0 Å². The molecule has 6 heteroatoms. The maximum absolute atomic E-state index is 11.7. The van der Waals surface area contributed by atoms with Crippen LogP contribution in [0.15, 0.2) is 12.2 Å². The Balaban J connectivity index is 2.06. The summed E-state index contributed by atoms with van der Waals surface area (Å²) < 4.78 is 2.93. The Bertz CT molecular complexity index is 389. The molecule has 0 aromatic heterocycles. The minimum Gasteiger partial charge on any atom is -0.428 e. The van der Waals surface area contributed by atoms with Gasteiger partial charge >= 0.3 is 5.97 Å². The fourth-order valence-electron chi connectivity index (χ4n) is 3.21. The molecular weight excluding hydrogens is 274 g/mol. The molecule has 16 heavy (non-hydrogen) atoms. The molecule has 1 aliphatic heterocycles. The molecule has 1 heterocycles. The van der Waals surface area contributed by atoms with Crippen molar-refractivity contribution in [1.29, 1.82) is 0 Å². The standard InChI is InChI=1S/C10H9Cl3O3/c11-10(12,13)9(15)7-5-2-1-4(3-5)6(7)8(14)16-9/h1-2,4-7,15H,3H2/t4-,5-,6-,7-,9+/m1/s1. The summed E-state index contributed by atoms with van der Waals surface area (Å²) in [4.78, 5) is 11.7. The molecule has 0 radical (unpaired) electrons. The normalized spacial score (nSPS) is 49.6. The summed E-state index contributed by atoms with van der Waals surface area (Å²) in [6.07, 6.45) is 4.78. The van der Waals surface area contributed by atoms with E-state index in [9.17, 15) is 9.90 Å². The Labute approximate surface area is 107 Å². The molecule has 2 aliphatic carbocycles. The molecule has 5 atom stereocenters. The predicted molar refractivity (Wildman–Crippen MR) is 59.0 cm³/mol. The van der Waals surface area contributed by atoms with Gasteiger partial charge in [0.1, 0.15) is 0 Å². The fraction of sp³-hybridized carbons (Fsp3) is 0.700. The van der Waals surface area contributed by atoms with Gasteiger partial charge in [-0.25, -0.2) is 0 Å². The molecule has 1 saturated carbocycles. The van der Waals surface area contributed by atoms with Crippen molar-refractivity contribution < 1.29 is 14.6 Å². The summed E-state index contributed by atoms with van der Waals surface area (Å²) in [5, 5.41) is 10.3. The fourth-order valence-corrected chi connectivity index (χ4v) is 3.71. The first-order valence-corrected chi connectivity index (χ1v) is 6.18. The number of allylic oxidation sites excluding steroid dienone is 2. The molecule has 3 aliphatic rings. The second-order valence-corrected chi connectivity index (χ2v) is 6.90. The smallest absolute Gasteiger partial charge is 0.312 e. The first-order chi connectivity index (χ1) is 7.34. The van der Waals surface area contributed by atoms with Crippen LogP contribution < -0.4 is 0 Å². The molecule has 0 aromatic rings. The quantitative estimate of drug-likeness (QED) is 0.420. The number of ether oxygens (including phenoxy) is 1. The van der Waals surface area contributed by atoms with Crippen LogP contribution >= 0.6 is 34.8 Å². The Morgan fingerprint density at radius 3 is 2.62 bits per heavy atom. The molecule has 1 saturated heterocycles. The van der Waals surface area contributed by atoms with Crippen LogP contribution in [0.25, 0.3) is 0 Å². The summed E-state index contributed by atoms with van der Waals surface area (Å²) in [5.74, 6) is -3.09. The first-order valence-electron chi connectivity index (χ1n) is 5.05. The van der Waals surface area contributed by atoms with Crippen molar-refractivity contribution in [2.24, 2.45) is 23.7 Å². The average molecular weight is 284 g/mol. The lowest BCUT2D eigenvalue weighted by Crippen LogP contribution is -2.50. The van der Waals surface area contributed by atoms with E-state index in [4.69, 9.17) is 39.5 Å². The molecule has 0 amide bonds. The van der Waals surface area contributed by atoms with Crippen LogP contribution in [-0.4, -0.2) is 20.7 Å². The van der Waals surface area contributed by atoms with Crippen LogP contribution in [0.2, 0.25) is 0 Å². The van der Waals surface area contributed by atoms with Gasteiger partial charge in [0.2, 0.25) is 0 Å². The van der Waals surface area contributed by atoms with Crippen LogP contribution in [0.3, 0.4) is 0 Å². The monoisotopic (exact) mass is 282 g/mol. The number of cyclic esters (lactones) is 1. The third-order valence-corrected chi connectivity index (χ3v) is 4.66. The molecule has 3 rings (SSSR count). The highest BCUT2D eigenvalue weighted by Crippen LogP contribution is 2.61. The van der Waals surface area contributed by atoms with E-state index in [1.165, 1.54) is 0 Å². The molecule has 2 bridgehead atoms. The zero-order valence-electron chi connectivity index (χ0n) is 8.07. The second-order valence-electron chi connectivity index (χ2n) is 4.62. The van der Waals surface area contributed by atoms with Crippen molar-refractivity contribution in [2.75, 3.05) is 0 Å². The van der Waals surface area contributed by atoms with E-state index in [-0.39, 0.29) is 17.8 Å². The van der Waals surface area contributed by atoms with Crippen LogP contribution in [0.5, 0.6) is 0 Å². The van der Waals surface area contributed by atoms with Crippen LogP contribution in [0.1, 0.15) is 6.42 Å². The Morgan fingerprint density at radius 2 is 2.00 bits per heavy atom. The van der Waals surface area contributed by atoms with E-state index in [0.29, 0.717) is 0 Å². The van der Waals surface area contributed by atoms with E-state index >= 15 is 0 Å². The minimum atomic E-state index is -2.01. The van der Waals surface area contributed by atoms with Crippen LogP contribution in [-0.2, 0) is 9.53 Å². The maximum atomic E-state index is 11.7. The lowest BCUT2D eigenvalue weighted by Gasteiger charge is -2.35. The summed E-state index contributed by atoms with van der Waals surface area (Å²) in [7, 11) is 0. The number of carbonyl (C=O) groups is 1. The third kappa shape index (κ3) is 1.18. The van der Waals surface area contributed by atoms with Gasteiger partial charge in [-0.1, -0.05) is 47.0 Å². The molecule has 2 fully saturated rings. The number of fused-ring (bicyclic) bond motifs is 5. The zero-order chi connectivity index (χ0) is 11.7. The van der Waals surface area contributed by atoms with Gasteiger partial charge in [0, 0.05) is 5.92 Å². The third-order valence-electron chi connectivity index (χ3n) is 3.85. The molecule has 3 nitrogen and oxygen atoms in total. The minimum absolute atomic E-state index is 0.0575. The molecule has 0 aromatic carbocycles. The lowest BCUT2D eigenvalue weighted by molar-refractivity contribution is -0.202. The number of alkyl halides is 3. The highest BCUT2D eigenvalue weighted by atomic mass is 35.6. The first kappa shape index (κ1) is 11.1. The summed E-state index contributed by atoms with van der Waals surface area (Å²) in [5.41, 5.74) is 0. The van der Waals surface area contributed by atoms with Gasteiger partial charge in [-0.3, -0.25) is 4.79 Å². The van der Waals surface area contributed by atoms with Crippen molar-refractivity contribution >= 4 is 40.8 Å². The molecule has 1 N–H and O–H groups in total. The van der Waals surface area contributed by atoms with Gasteiger partial charge in [0.25, 0.3) is 9.58 Å². The second kappa shape index (κ2) is 3.08. The number of rotatable bonds is 0. The summed E-state index contributed by atoms with van der Waals surface area (Å²) >= 11 is 17.2. The van der Waals surface area contributed by atoms with Crippen molar-refractivity contribution in [3.63, 3.8) is 0 Å². The topological polar surface area (TPSA) is 46.5 Å². The van der Waals surface area contributed by atoms with E-state index < -0.39 is 21.5 Å². The van der Waals surface area contributed by atoms with E-state index in [0.717, 1.165) is 6.42 Å². The molecule has 0 spiro atoms. The van der Waals surface area contributed by atoms with Crippen molar-refractivity contribution in [1.82, 2.24) is 0 Å². The number of aliphatic hydroxyl groups is 1. The zero-order valence-corrected chi connectivity index (χ0v) is 10.3. The van der Waals surface area contributed by atoms with Crippen molar-refractivity contribution in [2.45, 2.75) is 16.0 Å². The highest BCUT2D eigenvalue weighted by molar-refractivity contribution is 6.68. The predicted octanol–water partition coefficient (Wildman–Crippen LogP) is 2.04. The van der Waals surface area contributed by atoms with Crippen molar-refractivity contribution in [3.05, 3.63) is 12.2 Å². The van der Waals surface area contributed by atoms with Crippen molar-refractivity contribution in [3.8, 4) is 0 Å². The number of halogens is 3. The van der Waals surface area contributed by atoms with Gasteiger partial charge < -0.3 is 9.84 Å². The largest absolute Gasteiger partial charge is 0.428 e. The van der Waals surface area contributed by atoms with E-state index in [1.54, 1.807) is 0 Å². The summed E-state index contributed by atoms with van der Waals surface area (Å²) in [6.45, 7) is 0. The van der Waals surface area contributed by atoms with Crippen LogP contribution in [0, 0.1) is 23.7 Å². The number of esters is 1. The number of hydrogen-bond acceptors (Lipinski definition) is 3. The average Bonchev–Trinajstić information content (AvgIpc) is 2.77. The highest BCUT2D eigenvalue weighted by Gasteiger charge is 2.71. The van der Waals surface area contributed by atoms with Gasteiger partial charge in [0.05, 0.1) is 5.92 Å². The number of carbonyl (C=O) groups excluding carboxylic acids is 1. The van der Waals surface area contributed by atoms with E-state index in [1.807, 2.05) is 12.2 Å². The number of hydrogen-bond donors (Lipinski definition) is 1. The van der Waals surface area contributed by atoms with Gasteiger partial charge in [-0.15, -0.1) is 0 Å². The summed E-state index contributed by atoms with van der Waals surface area (Å²) in [6, 6.07) is 0. The van der Waals surface area contributed by atoms with Crippen LogP contribution in [0.4, 0.5) is 0 Å². The Kier molecular flexibility index (Phi) is 2.14. The Hall–Kier alpha value is 0.0400. The Morgan fingerprint density at radius 1 is 1.38 bits per heavy atom. The lowest BCUT2D eigenvalue weighted by atomic mass is 9.80. The molecule has 0 unspecified atom stereocenters. The van der Waals surface area contributed by atoms with Gasteiger partial charge in [-0.05, 0) is 18.3 Å². The van der Waals surface area contributed by atoms with Gasteiger partial charge in [0.15, 0.2) is 0 Å².